The molecule has 0 radical (unpaired) electrons. The molecule has 0 aromatic carbocycles. The summed E-state index contributed by atoms with van der Waals surface area (Å²) in [5.74, 6) is 0. The van der Waals surface area contributed by atoms with Crippen LogP contribution in [0.15, 0.2) is 12.3 Å². The summed E-state index contributed by atoms with van der Waals surface area (Å²) in [4.78, 5) is 17.3. The fourth-order valence-corrected chi connectivity index (χ4v) is 1.85. The number of hydrogen-bond acceptors (Lipinski definition) is 5. The minimum absolute atomic E-state index is 0.186. The number of nitriles is 1. The fourth-order valence-electron chi connectivity index (χ4n) is 1.85. The molecule has 1 atom stereocenters. The number of ether oxygens (including phenoxy) is 1. The topological polar surface area (TPSA) is 92.2 Å². The highest BCUT2D eigenvalue weighted by Gasteiger charge is 2.32. The van der Waals surface area contributed by atoms with E-state index in [-0.39, 0.29) is 6.10 Å². The molecule has 0 spiro atoms. The largest absolute Gasteiger partial charge is 0.444 e. The monoisotopic (exact) mass is 246 g/mol. The lowest BCUT2D eigenvalue weighted by Gasteiger charge is -2.13. The lowest BCUT2D eigenvalue weighted by atomic mass is 10.2. The molecule has 1 unspecified atom stereocenters. The third kappa shape index (κ3) is 2.26. The number of amides is 1. The normalized spacial score (nSPS) is 18.6. The van der Waals surface area contributed by atoms with E-state index in [1.54, 1.807) is 19.2 Å². The summed E-state index contributed by atoms with van der Waals surface area (Å²) in [7, 11) is 0. The first-order chi connectivity index (χ1) is 8.65. The van der Waals surface area contributed by atoms with Crippen molar-refractivity contribution in [3.8, 4) is 6.07 Å². The van der Waals surface area contributed by atoms with Crippen LogP contribution >= 0.6 is 0 Å². The van der Waals surface area contributed by atoms with Crippen molar-refractivity contribution in [1.82, 2.24) is 4.98 Å². The molecule has 1 fully saturated rings. The standard InChI is InChI=1S/C12H14N4O2/c1-8-9(5-14)4-10(6-15-8)16-7-11(2-3-13)18-12(16)17/h4,6,11H,2-3,7,13H2,1H3. The quantitative estimate of drug-likeness (QED) is 0.856. The number of hydrogen-bond donors (Lipinski definition) is 1. The summed E-state index contributed by atoms with van der Waals surface area (Å²) in [5, 5.41) is 8.95. The van der Waals surface area contributed by atoms with Crippen LogP contribution in [0.5, 0.6) is 0 Å². The third-order valence-electron chi connectivity index (χ3n) is 2.87. The molecule has 1 aromatic heterocycles. The van der Waals surface area contributed by atoms with E-state index in [2.05, 4.69) is 4.98 Å². The summed E-state index contributed by atoms with van der Waals surface area (Å²) in [5.41, 5.74) is 7.13. The van der Waals surface area contributed by atoms with E-state index >= 15 is 0 Å². The van der Waals surface area contributed by atoms with Crippen LogP contribution < -0.4 is 10.6 Å². The molecule has 2 rings (SSSR count). The Labute approximate surface area is 105 Å². The molecule has 1 aromatic rings. The van der Waals surface area contributed by atoms with Gasteiger partial charge in [-0.05, 0) is 26.0 Å². The number of cyclic esters (lactones) is 1. The summed E-state index contributed by atoms with van der Waals surface area (Å²) in [6.07, 6.45) is 1.60. The van der Waals surface area contributed by atoms with Gasteiger partial charge in [-0.1, -0.05) is 0 Å². The van der Waals surface area contributed by atoms with Crippen molar-refractivity contribution in [1.29, 1.82) is 5.26 Å². The Morgan fingerprint density at radius 3 is 3.17 bits per heavy atom. The van der Waals surface area contributed by atoms with Crippen LogP contribution in [0.2, 0.25) is 0 Å². The van der Waals surface area contributed by atoms with E-state index in [9.17, 15) is 4.79 Å². The summed E-state index contributed by atoms with van der Waals surface area (Å²) in [6, 6.07) is 3.70. The van der Waals surface area contributed by atoms with Gasteiger partial charge < -0.3 is 10.5 Å². The highest BCUT2D eigenvalue weighted by atomic mass is 16.6. The third-order valence-corrected chi connectivity index (χ3v) is 2.87. The highest BCUT2D eigenvalue weighted by Crippen LogP contribution is 2.23. The Hall–Kier alpha value is -2.13. The number of aromatic nitrogens is 1. The first-order valence-electron chi connectivity index (χ1n) is 5.70. The second-order valence-corrected chi connectivity index (χ2v) is 4.13. The van der Waals surface area contributed by atoms with E-state index < -0.39 is 6.09 Å². The van der Waals surface area contributed by atoms with Gasteiger partial charge in [0.2, 0.25) is 0 Å². The van der Waals surface area contributed by atoms with Gasteiger partial charge in [0, 0.05) is 0 Å². The van der Waals surface area contributed by atoms with Crippen molar-refractivity contribution in [3.05, 3.63) is 23.5 Å². The molecular weight excluding hydrogens is 232 g/mol. The summed E-state index contributed by atoms with van der Waals surface area (Å²) < 4.78 is 5.17. The maximum atomic E-state index is 11.7. The number of aryl methyl sites for hydroxylation is 1. The highest BCUT2D eigenvalue weighted by molar-refractivity contribution is 5.89. The Balaban J connectivity index is 2.22. The SMILES string of the molecule is Cc1ncc(N2CC(CCN)OC2=O)cc1C#N. The van der Waals surface area contributed by atoms with Crippen LogP contribution in [0.3, 0.4) is 0 Å². The predicted molar refractivity (Wildman–Crippen MR) is 65.0 cm³/mol. The first-order valence-corrected chi connectivity index (χ1v) is 5.70. The predicted octanol–water partition coefficient (Wildman–Crippen LogP) is 0.936. The average Bonchev–Trinajstić information content (AvgIpc) is 2.71. The maximum absolute atomic E-state index is 11.7. The minimum atomic E-state index is -0.414. The molecule has 0 aliphatic carbocycles. The zero-order valence-corrected chi connectivity index (χ0v) is 10.1. The van der Waals surface area contributed by atoms with Crippen LogP contribution in [0.4, 0.5) is 10.5 Å². The maximum Gasteiger partial charge on any atom is 0.414 e. The number of nitrogens with zero attached hydrogens (tertiary/aromatic N) is 3. The molecule has 94 valence electrons. The van der Waals surface area contributed by atoms with E-state index in [1.807, 2.05) is 6.07 Å². The van der Waals surface area contributed by atoms with Gasteiger partial charge >= 0.3 is 6.09 Å². The zero-order valence-electron chi connectivity index (χ0n) is 10.1. The number of rotatable bonds is 3. The minimum Gasteiger partial charge on any atom is -0.444 e. The van der Waals surface area contributed by atoms with Crippen molar-refractivity contribution in [2.24, 2.45) is 5.73 Å². The van der Waals surface area contributed by atoms with Crippen molar-refractivity contribution < 1.29 is 9.53 Å². The Morgan fingerprint density at radius 2 is 2.50 bits per heavy atom. The molecule has 2 heterocycles. The number of pyridine rings is 1. The van der Waals surface area contributed by atoms with Crippen LogP contribution in [0.1, 0.15) is 17.7 Å². The van der Waals surface area contributed by atoms with Gasteiger partial charge in [0.1, 0.15) is 12.2 Å². The van der Waals surface area contributed by atoms with Gasteiger partial charge in [0.05, 0.1) is 29.7 Å². The number of carbonyl (C=O) groups is 1. The summed E-state index contributed by atoms with van der Waals surface area (Å²) >= 11 is 0. The van der Waals surface area contributed by atoms with Crippen LogP contribution in [0, 0.1) is 18.3 Å². The van der Waals surface area contributed by atoms with Gasteiger partial charge in [0.25, 0.3) is 0 Å². The number of nitrogens with two attached hydrogens (primary N) is 1. The second-order valence-electron chi connectivity index (χ2n) is 4.13. The van der Waals surface area contributed by atoms with Crippen molar-refractivity contribution in [2.45, 2.75) is 19.4 Å². The molecule has 1 amide bonds. The number of anilines is 1. The van der Waals surface area contributed by atoms with Crippen molar-refractivity contribution >= 4 is 11.8 Å². The van der Waals surface area contributed by atoms with Crippen LogP contribution in [-0.2, 0) is 4.74 Å². The molecule has 18 heavy (non-hydrogen) atoms. The second kappa shape index (κ2) is 5.02. The van der Waals surface area contributed by atoms with Crippen LogP contribution in [-0.4, -0.2) is 30.3 Å². The van der Waals surface area contributed by atoms with E-state index in [0.29, 0.717) is 36.5 Å². The Kier molecular flexibility index (Phi) is 3.44. The van der Waals surface area contributed by atoms with Crippen molar-refractivity contribution in [3.63, 3.8) is 0 Å². The molecule has 6 heteroatoms. The Morgan fingerprint density at radius 1 is 1.72 bits per heavy atom. The fraction of sp³-hybridized carbons (Fsp3) is 0.417. The lowest BCUT2D eigenvalue weighted by molar-refractivity contribution is 0.138. The molecule has 0 bridgehead atoms. The zero-order chi connectivity index (χ0) is 13.1. The van der Waals surface area contributed by atoms with Crippen molar-refractivity contribution in [2.75, 3.05) is 18.0 Å². The van der Waals surface area contributed by atoms with Crippen LogP contribution in [0.25, 0.3) is 0 Å². The molecule has 1 aliphatic heterocycles. The summed E-state index contributed by atoms with van der Waals surface area (Å²) in [6.45, 7) is 2.68. The molecule has 2 N–H and O–H groups in total. The molecule has 6 nitrogen and oxygen atoms in total. The molecular formula is C12H14N4O2. The lowest BCUT2D eigenvalue weighted by Crippen LogP contribution is -2.25. The number of carbonyl (C=O) groups excluding carboxylic acids is 1. The first kappa shape index (κ1) is 12.3. The van der Waals surface area contributed by atoms with Gasteiger partial charge in [-0.3, -0.25) is 9.88 Å². The van der Waals surface area contributed by atoms with Gasteiger partial charge in [0.15, 0.2) is 0 Å². The smallest absolute Gasteiger partial charge is 0.414 e. The van der Waals surface area contributed by atoms with E-state index in [0.717, 1.165) is 0 Å². The molecule has 1 saturated heterocycles. The van der Waals surface area contributed by atoms with Gasteiger partial charge in [-0.25, -0.2) is 4.79 Å². The van der Waals surface area contributed by atoms with Gasteiger partial charge in [-0.15, -0.1) is 0 Å². The Bertz CT molecular complexity index is 509. The molecule has 0 saturated carbocycles. The van der Waals surface area contributed by atoms with E-state index in [4.69, 9.17) is 15.7 Å². The van der Waals surface area contributed by atoms with Gasteiger partial charge in [-0.2, -0.15) is 5.26 Å². The average molecular weight is 246 g/mol. The molecule has 1 aliphatic rings. The van der Waals surface area contributed by atoms with E-state index in [1.165, 1.54) is 4.90 Å².